The molecular formula is C10H23NO2. The van der Waals surface area contributed by atoms with Crippen molar-refractivity contribution in [3.8, 4) is 0 Å². The summed E-state index contributed by atoms with van der Waals surface area (Å²) in [5.74, 6) is 0. The van der Waals surface area contributed by atoms with Gasteiger partial charge in [0.25, 0.3) is 0 Å². The average molecular weight is 189 g/mol. The highest BCUT2D eigenvalue weighted by molar-refractivity contribution is 4.63. The van der Waals surface area contributed by atoms with Gasteiger partial charge in [-0.15, -0.1) is 0 Å². The summed E-state index contributed by atoms with van der Waals surface area (Å²) in [6.45, 7) is 8.51. The minimum absolute atomic E-state index is 0.103. The van der Waals surface area contributed by atoms with Gasteiger partial charge in [0.1, 0.15) is 0 Å². The molecule has 0 N–H and O–H groups in total. The maximum absolute atomic E-state index is 5.16. The summed E-state index contributed by atoms with van der Waals surface area (Å²) >= 11 is 0. The first-order chi connectivity index (χ1) is 6.15. The van der Waals surface area contributed by atoms with Gasteiger partial charge in [-0.05, 0) is 26.8 Å². The molecule has 0 bridgehead atoms. The fraction of sp³-hybridized carbons (Fsp3) is 1.00. The van der Waals surface area contributed by atoms with E-state index in [1.807, 2.05) is 0 Å². The molecule has 0 aromatic heterocycles. The zero-order chi connectivity index (χ0) is 10.3. The van der Waals surface area contributed by atoms with Crippen LogP contribution >= 0.6 is 0 Å². The topological polar surface area (TPSA) is 21.7 Å². The third kappa shape index (κ3) is 5.24. The van der Waals surface area contributed by atoms with Gasteiger partial charge in [0.15, 0.2) is 6.29 Å². The van der Waals surface area contributed by atoms with Crippen molar-refractivity contribution in [1.82, 2.24) is 4.90 Å². The van der Waals surface area contributed by atoms with Crippen LogP contribution < -0.4 is 0 Å². The maximum Gasteiger partial charge on any atom is 0.169 e. The van der Waals surface area contributed by atoms with Gasteiger partial charge < -0.3 is 9.47 Å². The number of rotatable bonds is 7. The predicted octanol–water partition coefficient (Wildman–Crippen LogP) is 1.73. The summed E-state index contributed by atoms with van der Waals surface area (Å²) < 4.78 is 10.3. The molecule has 0 fully saturated rings. The molecule has 0 aliphatic carbocycles. The number of hydrogen-bond acceptors (Lipinski definition) is 3. The van der Waals surface area contributed by atoms with Crippen LogP contribution in [0.3, 0.4) is 0 Å². The van der Waals surface area contributed by atoms with Crippen LogP contribution in [0.4, 0.5) is 0 Å². The van der Waals surface area contributed by atoms with Crippen LogP contribution in [0.5, 0.6) is 0 Å². The highest BCUT2D eigenvalue weighted by Crippen LogP contribution is 2.03. The summed E-state index contributed by atoms with van der Waals surface area (Å²) in [5, 5.41) is 0. The van der Waals surface area contributed by atoms with Crippen LogP contribution in [-0.4, -0.2) is 44.5 Å². The molecule has 80 valence electrons. The van der Waals surface area contributed by atoms with Crippen molar-refractivity contribution in [2.45, 2.75) is 39.5 Å². The minimum Gasteiger partial charge on any atom is -0.355 e. The van der Waals surface area contributed by atoms with Gasteiger partial charge in [-0.25, -0.2) is 0 Å². The molecule has 0 atom stereocenters. The van der Waals surface area contributed by atoms with E-state index in [0.29, 0.717) is 6.04 Å². The molecule has 0 heterocycles. The average Bonchev–Trinajstić information content (AvgIpc) is 2.11. The SMILES string of the molecule is CCCN(CC(OC)OC)C(C)C. The van der Waals surface area contributed by atoms with E-state index in [4.69, 9.17) is 9.47 Å². The Morgan fingerprint density at radius 3 is 2.00 bits per heavy atom. The van der Waals surface area contributed by atoms with Gasteiger partial charge in [-0.1, -0.05) is 6.92 Å². The third-order valence-electron chi connectivity index (χ3n) is 2.15. The molecule has 0 rings (SSSR count). The van der Waals surface area contributed by atoms with Crippen LogP contribution in [0.25, 0.3) is 0 Å². The molecule has 0 saturated carbocycles. The lowest BCUT2D eigenvalue weighted by atomic mass is 10.3. The summed E-state index contributed by atoms with van der Waals surface area (Å²) in [4.78, 5) is 2.36. The lowest BCUT2D eigenvalue weighted by Gasteiger charge is -2.28. The standard InChI is InChI=1S/C10H23NO2/c1-6-7-11(9(2)3)8-10(12-4)13-5/h9-10H,6-8H2,1-5H3. The van der Waals surface area contributed by atoms with Crippen molar-refractivity contribution in [2.75, 3.05) is 27.3 Å². The first kappa shape index (κ1) is 12.9. The monoisotopic (exact) mass is 189 g/mol. The second-order valence-corrected chi connectivity index (χ2v) is 3.49. The fourth-order valence-corrected chi connectivity index (χ4v) is 1.28. The minimum atomic E-state index is -0.103. The van der Waals surface area contributed by atoms with Crippen molar-refractivity contribution in [2.24, 2.45) is 0 Å². The molecule has 0 unspecified atom stereocenters. The molecule has 13 heavy (non-hydrogen) atoms. The van der Waals surface area contributed by atoms with Gasteiger partial charge in [0.05, 0.1) is 0 Å². The van der Waals surface area contributed by atoms with E-state index in [9.17, 15) is 0 Å². The van der Waals surface area contributed by atoms with E-state index >= 15 is 0 Å². The molecule has 0 aromatic carbocycles. The molecule has 0 spiro atoms. The van der Waals surface area contributed by atoms with Crippen molar-refractivity contribution < 1.29 is 9.47 Å². The van der Waals surface area contributed by atoms with Crippen LogP contribution in [0.2, 0.25) is 0 Å². The Labute approximate surface area is 82.0 Å². The fourth-order valence-electron chi connectivity index (χ4n) is 1.28. The van der Waals surface area contributed by atoms with Crippen molar-refractivity contribution in [3.63, 3.8) is 0 Å². The summed E-state index contributed by atoms with van der Waals surface area (Å²) in [6, 6.07) is 0.549. The number of ether oxygens (including phenoxy) is 2. The molecule has 3 nitrogen and oxygen atoms in total. The van der Waals surface area contributed by atoms with E-state index in [2.05, 4.69) is 25.7 Å². The normalized spacial score (nSPS) is 12.0. The van der Waals surface area contributed by atoms with E-state index in [1.54, 1.807) is 14.2 Å². The van der Waals surface area contributed by atoms with Gasteiger partial charge >= 0.3 is 0 Å². The van der Waals surface area contributed by atoms with E-state index in [-0.39, 0.29) is 6.29 Å². The molecule has 0 aromatic rings. The van der Waals surface area contributed by atoms with Crippen LogP contribution in [0, 0.1) is 0 Å². The van der Waals surface area contributed by atoms with E-state index < -0.39 is 0 Å². The lowest BCUT2D eigenvalue weighted by Crippen LogP contribution is -2.39. The van der Waals surface area contributed by atoms with Gasteiger partial charge in [-0.2, -0.15) is 0 Å². The lowest BCUT2D eigenvalue weighted by molar-refractivity contribution is -0.119. The maximum atomic E-state index is 5.16. The first-order valence-electron chi connectivity index (χ1n) is 4.95. The van der Waals surface area contributed by atoms with Crippen molar-refractivity contribution in [3.05, 3.63) is 0 Å². The number of hydrogen-bond donors (Lipinski definition) is 0. The van der Waals surface area contributed by atoms with Crippen LogP contribution in [0.15, 0.2) is 0 Å². The van der Waals surface area contributed by atoms with E-state index in [0.717, 1.165) is 13.1 Å². The Kier molecular flexibility index (Phi) is 7.23. The zero-order valence-corrected chi connectivity index (χ0v) is 9.54. The number of methoxy groups -OCH3 is 2. The summed E-state index contributed by atoms with van der Waals surface area (Å²) in [7, 11) is 3.36. The van der Waals surface area contributed by atoms with Crippen molar-refractivity contribution in [1.29, 1.82) is 0 Å². The highest BCUT2D eigenvalue weighted by atomic mass is 16.7. The van der Waals surface area contributed by atoms with Crippen molar-refractivity contribution >= 4 is 0 Å². The Hall–Kier alpha value is -0.120. The van der Waals surface area contributed by atoms with Crippen LogP contribution in [0.1, 0.15) is 27.2 Å². The molecule has 0 aliphatic heterocycles. The number of nitrogens with zero attached hydrogens (tertiary/aromatic N) is 1. The molecule has 3 heteroatoms. The molecule has 0 saturated heterocycles. The molecule has 0 radical (unpaired) electrons. The Bertz CT molecular complexity index is 113. The molecular weight excluding hydrogens is 166 g/mol. The summed E-state index contributed by atoms with van der Waals surface area (Å²) in [6.07, 6.45) is 1.06. The Morgan fingerprint density at radius 2 is 1.69 bits per heavy atom. The van der Waals surface area contributed by atoms with Gasteiger partial charge in [-0.3, -0.25) is 4.90 Å². The quantitative estimate of drug-likeness (QED) is 0.569. The molecule has 0 amide bonds. The highest BCUT2D eigenvalue weighted by Gasteiger charge is 2.14. The van der Waals surface area contributed by atoms with Gasteiger partial charge in [0.2, 0.25) is 0 Å². The largest absolute Gasteiger partial charge is 0.355 e. The Balaban J connectivity index is 3.91. The third-order valence-corrected chi connectivity index (χ3v) is 2.15. The smallest absolute Gasteiger partial charge is 0.169 e. The Morgan fingerprint density at radius 1 is 1.15 bits per heavy atom. The van der Waals surface area contributed by atoms with Crippen LogP contribution in [-0.2, 0) is 9.47 Å². The second-order valence-electron chi connectivity index (χ2n) is 3.49. The first-order valence-corrected chi connectivity index (χ1v) is 4.95. The zero-order valence-electron chi connectivity index (χ0n) is 9.54. The molecule has 0 aliphatic rings. The second kappa shape index (κ2) is 7.30. The van der Waals surface area contributed by atoms with Gasteiger partial charge in [0, 0.05) is 26.8 Å². The van der Waals surface area contributed by atoms with E-state index in [1.165, 1.54) is 6.42 Å². The summed E-state index contributed by atoms with van der Waals surface area (Å²) in [5.41, 5.74) is 0. The predicted molar refractivity (Wildman–Crippen MR) is 54.8 cm³/mol.